The molecule has 0 aromatic heterocycles. The van der Waals surface area contributed by atoms with Crippen LogP contribution >= 0.6 is 0 Å². The fourth-order valence-electron chi connectivity index (χ4n) is 4.22. The molecule has 0 saturated heterocycles. The Kier molecular flexibility index (Phi) is 6.76. The highest BCUT2D eigenvalue weighted by Gasteiger charge is 2.23. The third-order valence-corrected chi connectivity index (χ3v) is 6.05. The van der Waals surface area contributed by atoms with Crippen LogP contribution in [0.15, 0.2) is 83.8 Å². The molecule has 4 rings (SSSR count). The van der Waals surface area contributed by atoms with Crippen LogP contribution in [0.25, 0.3) is 5.57 Å². The number of benzene rings is 1. The van der Waals surface area contributed by atoms with Gasteiger partial charge in [-0.15, -0.1) is 0 Å². The first kappa shape index (κ1) is 21.9. The summed E-state index contributed by atoms with van der Waals surface area (Å²) in [6.45, 7) is 3.98. The lowest BCUT2D eigenvalue weighted by molar-refractivity contribution is -0.122. The van der Waals surface area contributed by atoms with Crippen molar-refractivity contribution in [2.75, 3.05) is 27.3 Å². The van der Waals surface area contributed by atoms with Gasteiger partial charge in [-0.25, -0.2) is 0 Å². The Hall–Kier alpha value is -3.31. The molecule has 166 valence electrons. The van der Waals surface area contributed by atoms with E-state index in [1.807, 2.05) is 41.5 Å². The first-order valence-electron chi connectivity index (χ1n) is 11.0. The standard InChI is InChI=1S/C27H30N2O3/c1-19-6-4-8-23(20-12-14-28-15-13-20)18-29-24(19)9-5-7-21(17-27(29)30)22-10-11-25(31-2)26(16-22)32-3/h4-5,7-12,16-19,28H,6,13-15H2,1-3H3/b7-5?,8-4+,21-17?,23-18+,24-9+. The van der Waals surface area contributed by atoms with Gasteiger partial charge in [-0.3, -0.25) is 9.69 Å². The van der Waals surface area contributed by atoms with Gasteiger partial charge in [0, 0.05) is 30.4 Å². The molecule has 0 fully saturated rings. The third-order valence-electron chi connectivity index (χ3n) is 6.05. The molecule has 1 unspecified atom stereocenters. The number of nitrogens with zero attached hydrogens (tertiary/aromatic N) is 1. The fraction of sp³-hybridized carbons (Fsp3) is 0.296. The Bertz CT molecular complexity index is 1070. The Morgan fingerprint density at radius 1 is 1.09 bits per heavy atom. The number of carbonyl (C=O) groups is 1. The average molecular weight is 431 g/mol. The van der Waals surface area contributed by atoms with E-state index in [1.165, 1.54) is 5.57 Å². The van der Waals surface area contributed by atoms with Crippen molar-refractivity contribution in [3.05, 3.63) is 89.3 Å². The lowest BCUT2D eigenvalue weighted by atomic mass is 9.94. The van der Waals surface area contributed by atoms with Crippen LogP contribution in [0.5, 0.6) is 11.5 Å². The highest BCUT2D eigenvalue weighted by molar-refractivity contribution is 5.99. The minimum absolute atomic E-state index is 0.0560. The van der Waals surface area contributed by atoms with Crippen LogP contribution < -0.4 is 14.8 Å². The first-order valence-corrected chi connectivity index (χ1v) is 11.0. The summed E-state index contributed by atoms with van der Waals surface area (Å²) in [7, 11) is 3.22. The topological polar surface area (TPSA) is 50.8 Å². The van der Waals surface area contributed by atoms with Gasteiger partial charge in [0.25, 0.3) is 5.91 Å². The zero-order valence-corrected chi connectivity index (χ0v) is 18.9. The van der Waals surface area contributed by atoms with Gasteiger partial charge in [0.15, 0.2) is 11.5 Å². The predicted molar refractivity (Wildman–Crippen MR) is 128 cm³/mol. The highest BCUT2D eigenvalue weighted by Crippen LogP contribution is 2.33. The van der Waals surface area contributed by atoms with Crippen molar-refractivity contribution >= 4 is 11.5 Å². The first-order chi connectivity index (χ1) is 15.6. The molecule has 1 aromatic rings. The molecular formula is C27H30N2O3. The monoisotopic (exact) mass is 430 g/mol. The minimum Gasteiger partial charge on any atom is -0.493 e. The largest absolute Gasteiger partial charge is 0.493 e. The maximum Gasteiger partial charge on any atom is 0.255 e. The molecule has 3 aliphatic rings. The number of rotatable bonds is 4. The minimum atomic E-state index is -0.0560. The summed E-state index contributed by atoms with van der Waals surface area (Å²) in [5, 5.41) is 3.36. The van der Waals surface area contributed by atoms with Crippen molar-refractivity contribution in [1.82, 2.24) is 10.2 Å². The molecule has 0 radical (unpaired) electrons. The molecule has 0 aliphatic carbocycles. The number of fused-ring (bicyclic) bond motifs is 1. The molecule has 5 nitrogen and oxygen atoms in total. The molecule has 5 heteroatoms. The van der Waals surface area contributed by atoms with E-state index < -0.39 is 0 Å². The summed E-state index contributed by atoms with van der Waals surface area (Å²) in [4.78, 5) is 15.3. The van der Waals surface area contributed by atoms with E-state index in [1.54, 1.807) is 20.3 Å². The van der Waals surface area contributed by atoms with Crippen LogP contribution in [-0.2, 0) is 4.79 Å². The summed E-state index contributed by atoms with van der Waals surface area (Å²) in [5.41, 5.74) is 5.11. The van der Waals surface area contributed by atoms with Crippen molar-refractivity contribution < 1.29 is 14.3 Å². The third kappa shape index (κ3) is 4.63. The number of carbonyl (C=O) groups excluding carboxylic acids is 1. The van der Waals surface area contributed by atoms with Crippen molar-refractivity contribution in [3.8, 4) is 11.5 Å². The maximum atomic E-state index is 13.5. The quantitative estimate of drug-likeness (QED) is 0.748. The normalized spacial score (nSPS) is 25.4. The Morgan fingerprint density at radius 3 is 2.69 bits per heavy atom. The van der Waals surface area contributed by atoms with Crippen molar-refractivity contribution in [1.29, 1.82) is 0 Å². The number of nitrogens with one attached hydrogen (secondary N) is 1. The van der Waals surface area contributed by atoms with Gasteiger partial charge in [0.1, 0.15) is 0 Å². The van der Waals surface area contributed by atoms with E-state index in [9.17, 15) is 4.79 Å². The Balaban J connectivity index is 1.75. The SMILES string of the molecule is COc1ccc(C2=CC(=O)N3/C=C(C4=CCNCC4)\C=C\CC(C)/C3=C\C=C2)cc1OC. The molecule has 3 heterocycles. The summed E-state index contributed by atoms with van der Waals surface area (Å²) in [6.07, 6.45) is 18.2. The molecule has 32 heavy (non-hydrogen) atoms. The van der Waals surface area contributed by atoms with Crippen LogP contribution in [0.4, 0.5) is 0 Å². The van der Waals surface area contributed by atoms with Crippen molar-refractivity contribution in [3.63, 3.8) is 0 Å². The molecule has 0 saturated carbocycles. The van der Waals surface area contributed by atoms with Crippen LogP contribution in [-0.4, -0.2) is 38.1 Å². The Labute approximate surface area is 190 Å². The lowest BCUT2D eigenvalue weighted by Gasteiger charge is -2.29. The second-order valence-corrected chi connectivity index (χ2v) is 8.14. The van der Waals surface area contributed by atoms with Crippen LogP contribution in [0.1, 0.15) is 25.3 Å². The lowest BCUT2D eigenvalue weighted by Crippen LogP contribution is -2.29. The predicted octanol–water partition coefficient (Wildman–Crippen LogP) is 4.77. The average Bonchev–Trinajstić information content (AvgIpc) is 2.81. The molecule has 3 aliphatic heterocycles. The summed E-state index contributed by atoms with van der Waals surface area (Å²) in [5.74, 6) is 1.47. The Morgan fingerprint density at radius 2 is 1.94 bits per heavy atom. The van der Waals surface area contributed by atoms with E-state index in [2.05, 4.69) is 36.5 Å². The van der Waals surface area contributed by atoms with E-state index in [0.717, 1.165) is 48.3 Å². The highest BCUT2D eigenvalue weighted by atomic mass is 16.5. The zero-order valence-electron chi connectivity index (χ0n) is 18.9. The van der Waals surface area contributed by atoms with Crippen LogP contribution in [0.2, 0.25) is 0 Å². The van der Waals surface area contributed by atoms with Gasteiger partial charge < -0.3 is 14.8 Å². The van der Waals surface area contributed by atoms with Crippen molar-refractivity contribution in [2.24, 2.45) is 5.92 Å². The molecule has 0 bridgehead atoms. The van der Waals surface area contributed by atoms with E-state index in [4.69, 9.17) is 9.47 Å². The maximum absolute atomic E-state index is 13.5. The number of hydrogen-bond acceptors (Lipinski definition) is 4. The summed E-state index contributed by atoms with van der Waals surface area (Å²) in [6, 6.07) is 5.70. The van der Waals surface area contributed by atoms with E-state index in [-0.39, 0.29) is 11.8 Å². The van der Waals surface area contributed by atoms with Gasteiger partial charge >= 0.3 is 0 Å². The second-order valence-electron chi connectivity index (χ2n) is 8.14. The summed E-state index contributed by atoms with van der Waals surface area (Å²) < 4.78 is 10.8. The van der Waals surface area contributed by atoms with E-state index in [0.29, 0.717) is 11.5 Å². The molecule has 1 atom stereocenters. The van der Waals surface area contributed by atoms with Gasteiger partial charge in [-0.1, -0.05) is 43.4 Å². The number of hydrogen-bond donors (Lipinski definition) is 1. The number of ether oxygens (including phenoxy) is 2. The van der Waals surface area contributed by atoms with Gasteiger partial charge in [-0.2, -0.15) is 0 Å². The van der Waals surface area contributed by atoms with Crippen molar-refractivity contribution in [2.45, 2.75) is 19.8 Å². The van der Waals surface area contributed by atoms with Gasteiger partial charge in [0.2, 0.25) is 0 Å². The fourth-order valence-corrected chi connectivity index (χ4v) is 4.22. The number of allylic oxidation sites excluding steroid dienone is 8. The van der Waals surface area contributed by atoms with Crippen LogP contribution in [0, 0.1) is 5.92 Å². The molecular weight excluding hydrogens is 400 g/mol. The smallest absolute Gasteiger partial charge is 0.255 e. The van der Waals surface area contributed by atoms with Gasteiger partial charge in [-0.05, 0) is 59.9 Å². The molecule has 0 spiro atoms. The molecule has 1 N–H and O–H groups in total. The van der Waals surface area contributed by atoms with Crippen LogP contribution in [0.3, 0.4) is 0 Å². The number of methoxy groups -OCH3 is 2. The van der Waals surface area contributed by atoms with E-state index >= 15 is 0 Å². The second kappa shape index (κ2) is 9.88. The molecule has 1 amide bonds. The molecule has 1 aromatic carbocycles. The zero-order chi connectivity index (χ0) is 22.5. The number of amides is 1. The van der Waals surface area contributed by atoms with Gasteiger partial charge in [0.05, 0.1) is 14.2 Å². The summed E-state index contributed by atoms with van der Waals surface area (Å²) >= 11 is 0.